The van der Waals surface area contributed by atoms with Gasteiger partial charge in [0.15, 0.2) is 0 Å². The number of carbonyl (C=O) groups excluding carboxylic acids is 3. The normalized spacial score (nSPS) is 14.0. The molecule has 1 heterocycles. The Balaban J connectivity index is 0.000000897. The summed E-state index contributed by atoms with van der Waals surface area (Å²) >= 11 is 1.51. The molecule has 1 aliphatic heterocycles. The van der Waals surface area contributed by atoms with Gasteiger partial charge >= 0.3 is 0 Å². The minimum atomic E-state index is -0.300. The highest BCUT2D eigenvalue weighted by Gasteiger charge is 2.34. The molecule has 6 nitrogen and oxygen atoms in total. The Morgan fingerprint density at radius 3 is 2.17 bits per heavy atom. The molecule has 0 spiro atoms. The van der Waals surface area contributed by atoms with Crippen molar-refractivity contribution in [2.45, 2.75) is 52.8 Å². The fourth-order valence-corrected chi connectivity index (χ4v) is 4.33. The molecule has 2 aromatic carbocycles. The highest BCUT2D eigenvalue weighted by molar-refractivity contribution is 8.00. The van der Waals surface area contributed by atoms with Gasteiger partial charge in [-0.15, -0.1) is 11.8 Å². The number of carbonyl (C=O) groups is 3. The van der Waals surface area contributed by atoms with Gasteiger partial charge in [-0.05, 0) is 61.2 Å². The molecule has 1 fully saturated rings. The number of nitrogens with one attached hydrogen (secondary N) is 1. The first kappa shape index (κ1) is 32.3. The molecule has 0 aromatic heterocycles. The van der Waals surface area contributed by atoms with Crippen molar-refractivity contribution in [2.24, 2.45) is 0 Å². The zero-order chi connectivity index (χ0) is 26.8. The summed E-state index contributed by atoms with van der Waals surface area (Å²) in [5.74, 6) is -0.0868. The standard InChI is InChI=1S/C18H17FN2O2S.C6H14O.C2H6.CH2O/c1-11-9-13(17(23)20-2)5-8-15(11)21-16(22)10-24-18(21)12-3-6-14(19)7-4-12;1-3-5-7-6-4-2;2*1-2/h3-9,18H,10H2,1-2H3,(H,20,23);3-6H2,1-2H3;1-2H3;1H2. The maximum Gasteiger partial charge on any atom is 0.251 e. The Morgan fingerprint density at radius 2 is 1.69 bits per heavy atom. The molecule has 35 heavy (non-hydrogen) atoms. The lowest BCUT2D eigenvalue weighted by Crippen LogP contribution is -2.28. The van der Waals surface area contributed by atoms with Crippen LogP contribution in [0.4, 0.5) is 10.1 Å². The SMILES string of the molecule is C=O.CC.CCCOCCC.CNC(=O)c1ccc(N2C(=O)CSC2c2ccc(F)cc2)c(C)c1. The third kappa shape index (κ3) is 10.2. The van der Waals surface area contributed by atoms with E-state index >= 15 is 0 Å². The van der Waals surface area contributed by atoms with Gasteiger partial charge in [0.1, 0.15) is 18.0 Å². The number of rotatable bonds is 7. The summed E-state index contributed by atoms with van der Waals surface area (Å²) in [7, 11) is 1.58. The fraction of sp³-hybridized carbons (Fsp3) is 0.444. The Bertz CT molecular complexity index is 889. The second-order valence-corrected chi connectivity index (χ2v) is 8.24. The highest BCUT2D eigenvalue weighted by atomic mass is 32.2. The molecule has 1 aliphatic rings. The third-order valence-corrected chi connectivity index (χ3v) is 5.88. The lowest BCUT2D eigenvalue weighted by Gasteiger charge is -2.26. The van der Waals surface area contributed by atoms with Crippen LogP contribution in [-0.2, 0) is 14.3 Å². The zero-order valence-corrected chi connectivity index (χ0v) is 22.5. The van der Waals surface area contributed by atoms with E-state index in [-0.39, 0.29) is 23.0 Å². The monoisotopic (exact) mass is 506 g/mol. The molecule has 0 bridgehead atoms. The van der Waals surface area contributed by atoms with Crippen LogP contribution in [-0.4, -0.2) is 44.6 Å². The number of hydrogen-bond acceptors (Lipinski definition) is 5. The summed E-state index contributed by atoms with van der Waals surface area (Å²) in [5.41, 5.74) is 3.05. The van der Waals surface area contributed by atoms with Crippen LogP contribution in [0.3, 0.4) is 0 Å². The van der Waals surface area contributed by atoms with Crippen molar-refractivity contribution in [2.75, 3.05) is 30.9 Å². The van der Waals surface area contributed by atoms with Crippen molar-refractivity contribution in [3.8, 4) is 0 Å². The molecule has 0 radical (unpaired) electrons. The summed E-state index contributed by atoms with van der Waals surface area (Å²) in [6.45, 7) is 14.0. The second-order valence-electron chi connectivity index (χ2n) is 7.17. The van der Waals surface area contributed by atoms with E-state index in [1.165, 1.54) is 23.9 Å². The molecule has 1 N–H and O–H groups in total. The molecule has 1 atom stereocenters. The summed E-state index contributed by atoms with van der Waals surface area (Å²) in [6.07, 6.45) is 2.28. The van der Waals surface area contributed by atoms with Gasteiger partial charge in [-0.2, -0.15) is 0 Å². The minimum Gasteiger partial charge on any atom is -0.381 e. The maximum atomic E-state index is 13.2. The van der Waals surface area contributed by atoms with E-state index in [1.807, 2.05) is 27.6 Å². The van der Waals surface area contributed by atoms with Gasteiger partial charge in [0.05, 0.1) is 5.75 Å². The van der Waals surface area contributed by atoms with E-state index in [4.69, 9.17) is 9.53 Å². The average Bonchev–Trinajstić information content (AvgIpc) is 3.28. The van der Waals surface area contributed by atoms with Crippen LogP contribution >= 0.6 is 11.8 Å². The minimum absolute atomic E-state index is 0.00474. The fourth-order valence-electron chi connectivity index (χ4n) is 3.16. The maximum absolute atomic E-state index is 13.2. The van der Waals surface area contributed by atoms with E-state index in [9.17, 15) is 14.0 Å². The summed E-state index contributed by atoms with van der Waals surface area (Å²) in [4.78, 5) is 33.9. The molecular weight excluding hydrogens is 467 g/mol. The Kier molecular flexibility index (Phi) is 17.2. The number of hydrogen-bond donors (Lipinski definition) is 1. The quantitative estimate of drug-likeness (QED) is 0.471. The first-order chi connectivity index (χ1) is 16.9. The first-order valence-electron chi connectivity index (χ1n) is 11.8. The van der Waals surface area contributed by atoms with E-state index in [1.54, 1.807) is 42.3 Å². The van der Waals surface area contributed by atoms with Crippen molar-refractivity contribution in [3.63, 3.8) is 0 Å². The van der Waals surface area contributed by atoms with E-state index < -0.39 is 0 Å². The Morgan fingerprint density at radius 1 is 1.11 bits per heavy atom. The van der Waals surface area contributed by atoms with Crippen molar-refractivity contribution >= 4 is 36.1 Å². The molecule has 2 aromatic rings. The van der Waals surface area contributed by atoms with Gasteiger partial charge in [-0.25, -0.2) is 4.39 Å². The van der Waals surface area contributed by atoms with Crippen LogP contribution in [0.15, 0.2) is 42.5 Å². The number of nitrogens with zero attached hydrogens (tertiary/aromatic N) is 1. The first-order valence-corrected chi connectivity index (χ1v) is 12.9. The summed E-state index contributed by atoms with van der Waals surface area (Å²) in [5, 5.41) is 2.40. The van der Waals surface area contributed by atoms with Gasteiger partial charge in [0.25, 0.3) is 5.91 Å². The van der Waals surface area contributed by atoms with E-state index in [2.05, 4.69) is 19.2 Å². The molecule has 1 unspecified atom stereocenters. The number of anilines is 1. The highest BCUT2D eigenvalue weighted by Crippen LogP contribution is 2.42. The van der Waals surface area contributed by atoms with Crippen molar-refractivity contribution < 1.29 is 23.5 Å². The van der Waals surface area contributed by atoms with Gasteiger partial charge in [0.2, 0.25) is 5.91 Å². The van der Waals surface area contributed by atoms with Crippen LogP contribution in [0.1, 0.15) is 67.4 Å². The molecule has 0 aliphatic carbocycles. The number of halogens is 1. The van der Waals surface area contributed by atoms with Crippen molar-refractivity contribution in [3.05, 3.63) is 65.0 Å². The predicted octanol–water partition coefficient (Wildman–Crippen LogP) is 5.94. The average molecular weight is 507 g/mol. The lowest BCUT2D eigenvalue weighted by molar-refractivity contribution is -0.115. The Hall–Kier alpha value is -2.71. The van der Waals surface area contributed by atoms with Crippen LogP contribution in [0, 0.1) is 12.7 Å². The molecule has 8 heteroatoms. The predicted molar refractivity (Wildman–Crippen MR) is 144 cm³/mol. The largest absolute Gasteiger partial charge is 0.381 e. The molecule has 0 saturated carbocycles. The van der Waals surface area contributed by atoms with E-state index in [0.717, 1.165) is 42.9 Å². The zero-order valence-electron chi connectivity index (χ0n) is 21.7. The summed E-state index contributed by atoms with van der Waals surface area (Å²) in [6, 6.07) is 11.5. The van der Waals surface area contributed by atoms with Crippen LogP contribution < -0.4 is 10.2 Å². The smallest absolute Gasteiger partial charge is 0.251 e. The number of ether oxygens (including phenoxy) is 1. The molecular formula is C27H39FN2O4S. The molecule has 2 amide bonds. The van der Waals surface area contributed by atoms with Gasteiger partial charge < -0.3 is 14.8 Å². The molecule has 1 saturated heterocycles. The number of thioether (sulfide) groups is 1. The van der Waals surface area contributed by atoms with Gasteiger partial charge in [-0.1, -0.05) is 39.8 Å². The number of aryl methyl sites for hydroxylation is 1. The van der Waals surface area contributed by atoms with Gasteiger partial charge in [0, 0.05) is 31.5 Å². The number of amides is 2. The van der Waals surface area contributed by atoms with Crippen LogP contribution in [0.5, 0.6) is 0 Å². The van der Waals surface area contributed by atoms with Crippen LogP contribution in [0.2, 0.25) is 0 Å². The summed E-state index contributed by atoms with van der Waals surface area (Å²) < 4.78 is 18.3. The molecule has 194 valence electrons. The van der Waals surface area contributed by atoms with Gasteiger partial charge in [-0.3, -0.25) is 14.5 Å². The third-order valence-electron chi connectivity index (χ3n) is 4.67. The van der Waals surface area contributed by atoms with Crippen molar-refractivity contribution in [1.29, 1.82) is 0 Å². The van der Waals surface area contributed by atoms with Crippen molar-refractivity contribution in [1.82, 2.24) is 5.32 Å². The van der Waals surface area contributed by atoms with Crippen LogP contribution in [0.25, 0.3) is 0 Å². The number of benzene rings is 2. The lowest BCUT2D eigenvalue weighted by atomic mass is 10.1. The second kappa shape index (κ2) is 18.6. The Labute approximate surface area is 213 Å². The topological polar surface area (TPSA) is 75.7 Å². The van der Waals surface area contributed by atoms with E-state index in [0.29, 0.717) is 11.3 Å². The molecule has 3 rings (SSSR count).